The predicted octanol–water partition coefficient (Wildman–Crippen LogP) is 3.60. The zero-order valence-electron chi connectivity index (χ0n) is 18.6. The molecular weight excluding hydrogens is 376 g/mol. The van der Waals surface area contributed by atoms with Crippen molar-refractivity contribution < 1.29 is 9.47 Å². The third-order valence-corrected chi connectivity index (χ3v) is 7.38. The van der Waals surface area contributed by atoms with Crippen molar-refractivity contribution in [3.63, 3.8) is 0 Å². The quantitative estimate of drug-likeness (QED) is 0.491. The number of allylic oxidation sites excluding steroid dienone is 2. The van der Waals surface area contributed by atoms with Gasteiger partial charge in [-0.15, -0.1) is 0 Å². The van der Waals surface area contributed by atoms with Crippen molar-refractivity contribution in [1.82, 2.24) is 4.90 Å². The van der Waals surface area contributed by atoms with E-state index in [9.17, 15) is 0 Å². The van der Waals surface area contributed by atoms with Crippen molar-refractivity contribution in [3.8, 4) is 0 Å². The van der Waals surface area contributed by atoms with Crippen molar-refractivity contribution in [2.45, 2.75) is 82.5 Å². The largest absolute Gasteiger partial charge is 0.399 e. The van der Waals surface area contributed by atoms with E-state index in [1.165, 1.54) is 24.8 Å². The first-order valence-electron chi connectivity index (χ1n) is 11.6. The predicted molar refractivity (Wildman–Crippen MR) is 121 cm³/mol. The average Bonchev–Trinajstić information content (AvgIpc) is 3.29. The van der Waals surface area contributed by atoms with Gasteiger partial charge in [-0.3, -0.25) is 0 Å². The van der Waals surface area contributed by atoms with E-state index >= 15 is 0 Å². The Morgan fingerprint density at radius 3 is 2.70 bits per heavy atom. The molecule has 3 fully saturated rings. The van der Waals surface area contributed by atoms with Crippen molar-refractivity contribution in [1.29, 1.82) is 0 Å². The van der Waals surface area contributed by atoms with E-state index < -0.39 is 0 Å². The summed E-state index contributed by atoms with van der Waals surface area (Å²) in [6.45, 7) is 7.30. The zero-order chi connectivity index (χ0) is 21.2. The SMILES string of the molecule is CC1C(CC/C=C(\N=C/N)N2CCC3(CCCO3)CC2)=C(N)C=CC1OC1(C)CC1. The number of hydrogen-bond donors (Lipinski definition) is 2. The van der Waals surface area contributed by atoms with Crippen LogP contribution in [0.2, 0.25) is 0 Å². The first-order chi connectivity index (χ1) is 14.4. The minimum atomic E-state index is 0.0675. The fourth-order valence-electron chi connectivity index (χ4n) is 5.06. The highest BCUT2D eigenvalue weighted by molar-refractivity contribution is 5.53. The van der Waals surface area contributed by atoms with Gasteiger partial charge in [0, 0.05) is 31.3 Å². The van der Waals surface area contributed by atoms with Gasteiger partial charge in [0.15, 0.2) is 0 Å². The molecule has 2 aliphatic carbocycles. The Morgan fingerprint density at radius 2 is 2.07 bits per heavy atom. The first kappa shape index (κ1) is 21.4. The van der Waals surface area contributed by atoms with E-state index in [1.54, 1.807) is 0 Å². The lowest BCUT2D eigenvalue weighted by Gasteiger charge is -2.39. The Balaban J connectivity index is 1.35. The second-order valence-corrected chi connectivity index (χ2v) is 9.66. The third kappa shape index (κ3) is 4.75. The lowest BCUT2D eigenvalue weighted by atomic mass is 9.86. The van der Waals surface area contributed by atoms with Crippen LogP contribution in [0.3, 0.4) is 0 Å². The maximum atomic E-state index is 6.34. The van der Waals surface area contributed by atoms with Gasteiger partial charge in [0.05, 0.1) is 23.6 Å². The molecule has 4 N–H and O–H groups in total. The Morgan fingerprint density at radius 1 is 1.30 bits per heavy atom. The molecule has 2 unspecified atom stereocenters. The highest BCUT2D eigenvalue weighted by Gasteiger charge is 2.42. The molecule has 30 heavy (non-hydrogen) atoms. The van der Waals surface area contributed by atoms with E-state index in [4.69, 9.17) is 20.9 Å². The molecular formula is C24H38N4O2. The lowest BCUT2D eigenvalue weighted by Crippen LogP contribution is -2.43. The molecule has 2 aliphatic heterocycles. The fraction of sp³-hybridized carbons (Fsp3) is 0.708. The van der Waals surface area contributed by atoms with Crippen LogP contribution in [0.4, 0.5) is 0 Å². The summed E-state index contributed by atoms with van der Waals surface area (Å²) in [5.74, 6) is 1.28. The van der Waals surface area contributed by atoms with Crippen molar-refractivity contribution >= 4 is 6.34 Å². The summed E-state index contributed by atoms with van der Waals surface area (Å²) >= 11 is 0. The van der Waals surface area contributed by atoms with Crippen molar-refractivity contribution in [2.75, 3.05) is 19.7 Å². The summed E-state index contributed by atoms with van der Waals surface area (Å²) in [5, 5.41) is 0. The van der Waals surface area contributed by atoms with Gasteiger partial charge in [0.2, 0.25) is 0 Å². The lowest BCUT2D eigenvalue weighted by molar-refractivity contribution is -0.0379. The van der Waals surface area contributed by atoms with Gasteiger partial charge in [0.1, 0.15) is 5.82 Å². The number of nitrogens with zero attached hydrogens (tertiary/aromatic N) is 2. The Labute approximate surface area is 181 Å². The fourth-order valence-corrected chi connectivity index (χ4v) is 5.06. The first-order valence-corrected chi connectivity index (χ1v) is 11.6. The molecule has 2 saturated heterocycles. The van der Waals surface area contributed by atoms with Crippen LogP contribution in [0, 0.1) is 5.92 Å². The highest BCUT2D eigenvalue weighted by Crippen LogP contribution is 2.43. The minimum absolute atomic E-state index is 0.0675. The molecule has 0 bridgehead atoms. The van der Waals surface area contributed by atoms with Crippen LogP contribution in [-0.4, -0.2) is 48.2 Å². The molecule has 0 aromatic rings. The molecule has 166 valence electrons. The number of piperidine rings is 1. The van der Waals surface area contributed by atoms with Gasteiger partial charge in [0.25, 0.3) is 0 Å². The molecule has 4 aliphatic rings. The minimum Gasteiger partial charge on any atom is -0.399 e. The summed E-state index contributed by atoms with van der Waals surface area (Å²) in [6.07, 6.45) is 16.5. The molecule has 6 nitrogen and oxygen atoms in total. The van der Waals surface area contributed by atoms with Crippen LogP contribution >= 0.6 is 0 Å². The summed E-state index contributed by atoms with van der Waals surface area (Å²) < 4.78 is 12.4. The van der Waals surface area contributed by atoms with Crippen molar-refractivity contribution in [2.24, 2.45) is 22.4 Å². The average molecular weight is 415 g/mol. The van der Waals surface area contributed by atoms with E-state index in [2.05, 4.69) is 35.9 Å². The van der Waals surface area contributed by atoms with Crippen LogP contribution in [0.25, 0.3) is 0 Å². The Kier molecular flexibility index (Phi) is 6.26. The van der Waals surface area contributed by atoms with Crippen LogP contribution in [0.15, 0.2) is 40.3 Å². The summed E-state index contributed by atoms with van der Waals surface area (Å²) in [4.78, 5) is 6.81. The molecule has 2 atom stereocenters. The number of rotatable bonds is 7. The second-order valence-electron chi connectivity index (χ2n) is 9.66. The molecule has 2 heterocycles. The molecule has 0 aromatic carbocycles. The molecule has 4 rings (SSSR count). The van der Waals surface area contributed by atoms with Crippen LogP contribution in [-0.2, 0) is 9.47 Å². The standard InChI is InChI=1S/C24H38N4O2/c1-18-19(20(26)7-8-21(18)30-23(2)10-11-23)5-3-6-22(27-17-25)28-14-12-24(13-15-28)9-4-16-29-24/h6-8,17-18,21H,3-5,9-16,26H2,1-2H3,(H2,25,27)/b22-6+. The van der Waals surface area contributed by atoms with Gasteiger partial charge in [-0.05, 0) is 76.0 Å². The summed E-state index contributed by atoms with van der Waals surface area (Å²) in [7, 11) is 0. The normalized spacial score (nSPS) is 30.6. The monoisotopic (exact) mass is 414 g/mol. The molecule has 0 amide bonds. The summed E-state index contributed by atoms with van der Waals surface area (Å²) in [5.41, 5.74) is 14.4. The molecule has 1 spiro atoms. The zero-order valence-corrected chi connectivity index (χ0v) is 18.6. The Hall–Kier alpha value is -1.79. The summed E-state index contributed by atoms with van der Waals surface area (Å²) in [6, 6.07) is 0. The van der Waals surface area contributed by atoms with Crippen molar-refractivity contribution in [3.05, 3.63) is 35.3 Å². The van der Waals surface area contributed by atoms with E-state index in [0.717, 1.165) is 69.7 Å². The van der Waals surface area contributed by atoms with Crippen LogP contribution < -0.4 is 11.5 Å². The van der Waals surface area contributed by atoms with Gasteiger partial charge < -0.3 is 25.8 Å². The van der Waals surface area contributed by atoms with Crippen LogP contribution in [0.1, 0.15) is 65.2 Å². The molecule has 0 radical (unpaired) electrons. The van der Waals surface area contributed by atoms with E-state index in [-0.39, 0.29) is 17.3 Å². The third-order valence-electron chi connectivity index (χ3n) is 7.38. The highest BCUT2D eigenvalue weighted by atomic mass is 16.5. The maximum Gasteiger partial charge on any atom is 0.126 e. The molecule has 6 heteroatoms. The van der Waals surface area contributed by atoms with Gasteiger partial charge >= 0.3 is 0 Å². The Bertz CT molecular complexity index is 734. The smallest absolute Gasteiger partial charge is 0.126 e. The number of ether oxygens (including phenoxy) is 2. The maximum absolute atomic E-state index is 6.34. The number of hydrogen-bond acceptors (Lipinski definition) is 5. The molecule has 0 aromatic heterocycles. The van der Waals surface area contributed by atoms with E-state index in [0.29, 0.717) is 5.92 Å². The second kappa shape index (κ2) is 8.75. The molecule has 1 saturated carbocycles. The van der Waals surface area contributed by atoms with Gasteiger partial charge in [-0.2, -0.15) is 0 Å². The van der Waals surface area contributed by atoms with Crippen LogP contribution in [0.5, 0.6) is 0 Å². The van der Waals surface area contributed by atoms with E-state index in [1.807, 2.05) is 6.08 Å². The topological polar surface area (TPSA) is 86.1 Å². The number of likely N-dealkylation sites (tertiary alicyclic amines) is 1. The number of nitrogens with two attached hydrogens (primary N) is 2. The van der Waals surface area contributed by atoms with Gasteiger partial charge in [-0.25, -0.2) is 4.99 Å². The number of aliphatic imine (C=N–C) groups is 1. The van der Waals surface area contributed by atoms with Gasteiger partial charge in [-0.1, -0.05) is 13.0 Å².